The predicted molar refractivity (Wildman–Crippen MR) is 83.6 cm³/mol. The lowest BCUT2D eigenvalue weighted by atomic mass is 9.93. The Kier molecular flexibility index (Phi) is 4.75. The van der Waals surface area contributed by atoms with Gasteiger partial charge in [-0.15, -0.1) is 0 Å². The molecule has 0 spiro atoms. The number of ether oxygens (including phenoxy) is 1. The number of aromatic nitrogens is 1. The van der Waals surface area contributed by atoms with Gasteiger partial charge in [0.15, 0.2) is 0 Å². The number of halogens is 1. The van der Waals surface area contributed by atoms with Crippen molar-refractivity contribution in [3.8, 4) is 0 Å². The summed E-state index contributed by atoms with van der Waals surface area (Å²) in [6, 6.07) is 3.60. The van der Waals surface area contributed by atoms with Crippen LogP contribution in [0.25, 0.3) is 0 Å². The van der Waals surface area contributed by atoms with Crippen molar-refractivity contribution in [2.24, 2.45) is 5.92 Å². The molecule has 6 nitrogen and oxygen atoms in total. The number of likely N-dealkylation sites (tertiary alicyclic amines) is 1. The summed E-state index contributed by atoms with van der Waals surface area (Å²) in [6.07, 6.45) is 1.14. The van der Waals surface area contributed by atoms with Crippen LogP contribution in [0, 0.1) is 5.92 Å². The molecule has 0 saturated carbocycles. The highest BCUT2D eigenvalue weighted by atomic mass is 79.9. The lowest BCUT2D eigenvalue weighted by Crippen LogP contribution is -2.35. The third-order valence-corrected chi connectivity index (χ3v) is 3.89. The molecule has 1 saturated heterocycles. The number of nitrogens with zero attached hydrogens (tertiary/aromatic N) is 2. The summed E-state index contributed by atoms with van der Waals surface area (Å²) in [5.41, 5.74) is 0.0608. The largest absolute Gasteiger partial charge is 0.481 e. The van der Waals surface area contributed by atoms with Crippen LogP contribution in [0.1, 0.15) is 32.4 Å². The minimum atomic E-state index is -0.930. The molecule has 1 aliphatic heterocycles. The van der Waals surface area contributed by atoms with E-state index in [-0.39, 0.29) is 12.5 Å². The zero-order valence-electron chi connectivity index (χ0n) is 12.7. The molecular formula is C15H19BrN2O4. The average Bonchev–Trinajstić information content (AvgIpc) is 2.83. The maximum atomic E-state index is 12.1. The summed E-state index contributed by atoms with van der Waals surface area (Å²) < 4.78 is 6.14. The molecule has 0 radical (unpaired) electrons. The third kappa shape index (κ3) is 3.97. The van der Waals surface area contributed by atoms with E-state index in [0.717, 1.165) is 4.47 Å². The Hall–Kier alpha value is -1.63. The van der Waals surface area contributed by atoms with Crippen molar-refractivity contribution in [2.75, 3.05) is 13.1 Å². The molecule has 2 rings (SSSR count). The van der Waals surface area contributed by atoms with E-state index >= 15 is 0 Å². The summed E-state index contributed by atoms with van der Waals surface area (Å²) >= 11 is 3.30. The normalized spacial score (nSPS) is 21.7. The number of carbonyl (C=O) groups excluding carboxylic acids is 1. The summed E-state index contributed by atoms with van der Waals surface area (Å²) in [6.45, 7) is 5.77. The van der Waals surface area contributed by atoms with Gasteiger partial charge < -0.3 is 14.7 Å². The van der Waals surface area contributed by atoms with Crippen molar-refractivity contribution in [3.63, 3.8) is 0 Å². The van der Waals surface area contributed by atoms with Gasteiger partial charge in [0.1, 0.15) is 5.60 Å². The SMILES string of the molecule is CC(C)(C)OC(=O)N1C[C@H](C(=O)O)[C@@H](c2ccc(Br)cn2)C1. The first-order valence-corrected chi connectivity index (χ1v) is 7.79. The molecule has 2 heterocycles. The number of pyridine rings is 1. The van der Waals surface area contributed by atoms with Crippen molar-refractivity contribution in [1.29, 1.82) is 0 Å². The summed E-state index contributed by atoms with van der Waals surface area (Å²) in [5.74, 6) is -1.94. The first-order chi connectivity index (χ1) is 10.2. The van der Waals surface area contributed by atoms with E-state index in [1.54, 1.807) is 33.0 Å². The molecule has 1 amide bonds. The van der Waals surface area contributed by atoms with E-state index < -0.39 is 23.6 Å². The van der Waals surface area contributed by atoms with E-state index in [9.17, 15) is 14.7 Å². The number of carboxylic acid groups (broad SMARTS) is 1. The standard InChI is InChI=1S/C15H19BrN2O4/c1-15(2,3)22-14(21)18-7-10(11(8-18)13(19)20)12-5-4-9(16)6-17-12/h4-6,10-11H,7-8H2,1-3H3,(H,19,20)/t10-,11-/m0/s1. The van der Waals surface area contributed by atoms with Crippen LogP contribution >= 0.6 is 15.9 Å². The van der Waals surface area contributed by atoms with Crippen LogP contribution in [0.15, 0.2) is 22.8 Å². The van der Waals surface area contributed by atoms with Gasteiger partial charge in [-0.25, -0.2) is 4.79 Å². The summed E-state index contributed by atoms with van der Waals surface area (Å²) in [4.78, 5) is 29.3. The van der Waals surface area contributed by atoms with Gasteiger partial charge in [-0.05, 0) is 48.8 Å². The minimum Gasteiger partial charge on any atom is -0.481 e. The quantitative estimate of drug-likeness (QED) is 0.865. The molecule has 0 aliphatic carbocycles. The van der Waals surface area contributed by atoms with Crippen molar-refractivity contribution in [1.82, 2.24) is 9.88 Å². The van der Waals surface area contributed by atoms with E-state index in [1.807, 2.05) is 6.07 Å². The Bertz CT molecular complexity index is 568. The number of carboxylic acids is 1. The smallest absolute Gasteiger partial charge is 0.410 e. The Labute approximate surface area is 137 Å². The van der Waals surface area contributed by atoms with Crippen LogP contribution in [0.5, 0.6) is 0 Å². The second-order valence-electron chi connectivity index (χ2n) is 6.34. The molecule has 22 heavy (non-hydrogen) atoms. The second kappa shape index (κ2) is 6.24. The fourth-order valence-corrected chi connectivity index (χ4v) is 2.67. The molecule has 1 N–H and O–H groups in total. The molecule has 7 heteroatoms. The van der Waals surface area contributed by atoms with Gasteiger partial charge in [-0.1, -0.05) is 0 Å². The van der Waals surface area contributed by atoms with E-state index in [1.165, 1.54) is 4.90 Å². The van der Waals surface area contributed by atoms with Crippen LogP contribution in [0.2, 0.25) is 0 Å². The second-order valence-corrected chi connectivity index (χ2v) is 7.25. The van der Waals surface area contributed by atoms with Gasteiger partial charge in [-0.3, -0.25) is 9.78 Å². The van der Waals surface area contributed by atoms with Crippen LogP contribution in [-0.2, 0) is 9.53 Å². The number of amides is 1. The summed E-state index contributed by atoms with van der Waals surface area (Å²) in [5, 5.41) is 9.42. The zero-order chi connectivity index (χ0) is 16.5. The zero-order valence-corrected chi connectivity index (χ0v) is 14.3. The Balaban J connectivity index is 2.18. The Morgan fingerprint density at radius 3 is 2.55 bits per heavy atom. The Morgan fingerprint density at radius 2 is 2.05 bits per heavy atom. The molecular weight excluding hydrogens is 352 g/mol. The van der Waals surface area contributed by atoms with Crippen molar-refractivity contribution < 1.29 is 19.4 Å². The van der Waals surface area contributed by atoms with Gasteiger partial charge in [0, 0.05) is 35.4 Å². The molecule has 1 aliphatic rings. The van der Waals surface area contributed by atoms with Gasteiger partial charge >= 0.3 is 12.1 Å². The first kappa shape index (κ1) is 16.7. The topological polar surface area (TPSA) is 79.7 Å². The predicted octanol–water partition coefficient (Wildman–Crippen LogP) is 2.88. The highest BCUT2D eigenvalue weighted by Gasteiger charge is 2.42. The van der Waals surface area contributed by atoms with Crippen molar-refractivity contribution >= 4 is 28.0 Å². The van der Waals surface area contributed by atoms with E-state index in [4.69, 9.17) is 4.74 Å². The fourth-order valence-electron chi connectivity index (χ4n) is 2.44. The van der Waals surface area contributed by atoms with Crippen LogP contribution in [0.3, 0.4) is 0 Å². The van der Waals surface area contributed by atoms with Gasteiger partial charge in [0.2, 0.25) is 0 Å². The highest BCUT2D eigenvalue weighted by molar-refractivity contribution is 9.10. The van der Waals surface area contributed by atoms with Crippen LogP contribution in [0.4, 0.5) is 4.79 Å². The molecule has 120 valence electrons. The molecule has 1 fully saturated rings. The van der Waals surface area contributed by atoms with Crippen LogP contribution in [-0.4, -0.2) is 45.7 Å². The molecule has 2 atom stereocenters. The number of hydrogen-bond donors (Lipinski definition) is 1. The van der Waals surface area contributed by atoms with Crippen LogP contribution < -0.4 is 0 Å². The summed E-state index contributed by atoms with van der Waals surface area (Å²) in [7, 11) is 0. The minimum absolute atomic E-state index is 0.132. The average molecular weight is 371 g/mol. The van der Waals surface area contributed by atoms with Crippen molar-refractivity contribution in [3.05, 3.63) is 28.5 Å². The first-order valence-electron chi connectivity index (χ1n) is 6.99. The maximum absolute atomic E-state index is 12.1. The third-order valence-electron chi connectivity index (χ3n) is 3.42. The Morgan fingerprint density at radius 1 is 1.36 bits per heavy atom. The van der Waals surface area contributed by atoms with Crippen molar-refractivity contribution in [2.45, 2.75) is 32.3 Å². The molecule has 0 unspecified atom stereocenters. The highest BCUT2D eigenvalue weighted by Crippen LogP contribution is 2.33. The van der Waals surface area contributed by atoms with Gasteiger partial charge in [0.25, 0.3) is 0 Å². The number of rotatable bonds is 2. The lowest BCUT2D eigenvalue weighted by molar-refractivity contribution is -0.141. The van der Waals surface area contributed by atoms with Gasteiger partial charge in [0.05, 0.1) is 5.92 Å². The number of aliphatic carboxylic acids is 1. The fraction of sp³-hybridized carbons (Fsp3) is 0.533. The monoisotopic (exact) mass is 370 g/mol. The molecule has 0 aromatic carbocycles. The van der Waals surface area contributed by atoms with Gasteiger partial charge in [-0.2, -0.15) is 0 Å². The van der Waals surface area contributed by atoms with E-state index in [2.05, 4.69) is 20.9 Å². The number of hydrogen-bond acceptors (Lipinski definition) is 4. The molecule has 1 aromatic rings. The lowest BCUT2D eigenvalue weighted by Gasteiger charge is -2.24. The molecule has 0 bridgehead atoms. The van der Waals surface area contributed by atoms with E-state index in [0.29, 0.717) is 12.2 Å². The molecule has 1 aromatic heterocycles. The maximum Gasteiger partial charge on any atom is 0.410 e. The number of carbonyl (C=O) groups is 2.